The van der Waals surface area contributed by atoms with Crippen molar-refractivity contribution in [1.29, 1.82) is 0 Å². The fraction of sp³-hybridized carbons (Fsp3) is 0.258. The van der Waals surface area contributed by atoms with Crippen molar-refractivity contribution in [3.63, 3.8) is 0 Å². The van der Waals surface area contributed by atoms with Gasteiger partial charge < -0.3 is 63.2 Å². The first-order valence-corrected chi connectivity index (χ1v) is 42.6. The van der Waals surface area contributed by atoms with Crippen LogP contribution in [0.5, 0.6) is 23.0 Å². The number of hydrogen-bond donors (Lipinski definition) is 4. The number of fused-ring (bicyclic) bond motifs is 5. The molecule has 0 spiro atoms. The van der Waals surface area contributed by atoms with Crippen LogP contribution in [0.15, 0.2) is 224 Å². The van der Waals surface area contributed by atoms with Crippen LogP contribution < -0.4 is 96.6 Å². The summed E-state index contributed by atoms with van der Waals surface area (Å²) in [6.07, 6.45) is 8.88. The van der Waals surface area contributed by atoms with Crippen molar-refractivity contribution < 1.29 is 38.2 Å². The Bertz CT molecular complexity index is 7910. The number of carbonyl (C=O) groups is 5. The molecule has 134 heavy (non-hydrogen) atoms. The van der Waals surface area contributed by atoms with Gasteiger partial charge in [0.1, 0.15) is 55.7 Å². The second-order valence-electron chi connectivity index (χ2n) is 30.3. The van der Waals surface area contributed by atoms with E-state index >= 15 is 0 Å². The molecule has 696 valence electrons. The Hall–Kier alpha value is -16.5. The summed E-state index contributed by atoms with van der Waals surface area (Å²) in [6.45, 7) is 8.21. The van der Waals surface area contributed by atoms with E-state index in [0.29, 0.717) is 58.2 Å². The minimum Gasteiger partial charge on any atom is -0.495 e. The molecule has 6 aromatic carbocycles. The Morgan fingerprint density at radius 2 is 0.739 bits per heavy atom. The number of ether oxygens (including phenoxy) is 3. The number of likely N-dealkylation sites (N-methyl/N-ethyl adjacent to an activating group) is 1. The van der Waals surface area contributed by atoms with Crippen LogP contribution in [0.1, 0.15) is 25.0 Å². The third kappa shape index (κ3) is 20.8. The molecule has 5 amide bonds. The van der Waals surface area contributed by atoms with E-state index in [1.807, 2.05) is 113 Å². The maximum Gasteiger partial charge on any atom is 0.332 e. The van der Waals surface area contributed by atoms with Crippen molar-refractivity contribution in [2.24, 2.45) is 70.5 Å². The van der Waals surface area contributed by atoms with E-state index in [4.69, 9.17) is 25.8 Å². The van der Waals surface area contributed by atoms with Gasteiger partial charge in [-0.15, -0.1) is 11.8 Å². The summed E-state index contributed by atoms with van der Waals surface area (Å²) in [5, 5.41) is 11.6. The van der Waals surface area contributed by atoms with Crippen molar-refractivity contribution in [3.05, 3.63) is 292 Å². The Morgan fingerprint density at radius 1 is 0.388 bits per heavy atom. The molecule has 0 aliphatic heterocycles. The third-order valence-electron chi connectivity index (χ3n) is 21.3. The van der Waals surface area contributed by atoms with Gasteiger partial charge in [0.05, 0.1) is 51.0 Å². The molecule has 4 N–H and O–H groups in total. The van der Waals surface area contributed by atoms with Crippen molar-refractivity contribution in [3.8, 4) is 23.0 Å². The summed E-state index contributed by atoms with van der Waals surface area (Å²) < 4.78 is 35.0. The molecule has 0 fully saturated rings. The Balaban J connectivity index is 0.000000152. The first-order chi connectivity index (χ1) is 63.9. The van der Waals surface area contributed by atoms with Crippen LogP contribution in [-0.4, -0.2) is 149 Å². The number of carbonyl (C=O) groups excluding carboxylic acids is 5. The van der Waals surface area contributed by atoms with Gasteiger partial charge >= 0.3 is 28.4 Å². The molecule has 0 atom stereocenters. The minimum atomic E-state index is -0.505. The summed E-state index contributed by atoms with van der Waals surface area (Å²) in [5.41, 5.74) is 2.51. The standard InChI is InChI=1S/C23H23N5O5.C17H19N5O4.C17H19N5O3.C16H16ClN5O3.C16H17N5O3S/c1-4-32-16-9-11-18(12-10-16)33-17-7-5-15(6-8-17)25-19(29)13-28-14-24-21-20(28)22(30)27(3)23(31)26(21)2;1-10-5-6-12(26-4)11(7-10)19-13(23)8-22-9-18-15-14(22)16(24)21(3)17(25)20(15)2;1-4-22(12-8-6-5-7-9-12)13(23)10-21-11-18-15-14(21)16(24)20(3)17(25)19(15)2;1-9-4-5-10(6-11(9)17)19-12(23)7-22-8-18-14-13(22)15(24)21(3)16(25)20(14)2;1-19-14-13(15(23)20(2)16(19)24)21(9-17-14)8-12(22)18-10-5-4-6-11(7-10)25-3/h5-12,14H,4,13H2,1-3H3,(H,25,29);5-7,9H,8H2,1-4H3,(H,19,23);5-9,11H,4,10H2,1-3H3;4-6,8H,7H2,1-3H3,(H,19,23);4-7,9H,8H2,1-3H3,(H,18,22). The SMILES string of the molecule is CCN(C(=O)Cn1cnc2c1c(=O)n(C)c(=O)n2C)c1ccccc1.CCOc1ccc(Oc2ccc(NC(=O)Cn3cnc4c3c(=O)n(C)c(=O)n4C)cc2)cc1.COc1ccc(C)cc1NC(=O)Cn1cnc2c1c(=O)n(C)c(=O)n2C.CSc1cccc(NC(=O)Cn2cnc3c2c(=O)n(C)c(=O)n3C)c1.Cc1ccc(NC(=O)Cn2cnc3c2c(=O)n(C)c(=O)n3C)cc1Cl. The van der Waals surface area contributed by atoms with Crippen molar-refractivity contribution in [2.45, 2.75) is 65.3 Å². The Labute approximate surface area is 767 Å². The van der Waals surface area contributed by atoms with Crippen LogP contribution in [0.2, 0.25) is 5.02 Å². The number of aromatic nitrogens is 20. The Kier molecular flexibility index (Phi) is 29.9. The zero-order valence-corrected chi connectivity index (χ0v) is 77.2. The molecular weight excluding hydrogens is 1770 g/mol. The number of rotatable bonds is 22. The van der Waals surface area contributed by atoms with Gasteiger partial charge in [-0.05, 0) is 148 Å². The lowest BCUT2D eigenvalue weighted by molar-refractivity contribution is -0.119. The summed E-state index contributed by atoms with van der Waals surface area (Å²) in [7, 11) is 16.1. The van der Waals surface area contributed by atoms with E-state index in [-0.39, 0.29) is 118 Å². The number of methoxy groups -OCH3 is 1. The molecule has 0 radical (unpaired) electrons. The number of nitrogens with zero attached hydrogens (tertiary/aromatic N) is 21. The number of aryl methyl sites for hydroxylation is 7. The number of hydrogen-bond acceptors (Lipinski definition) is 24. The maximum atomic E-state index is 12.7. The summed E-state index contributed by atoms with van der Waals surface area (Å²) in [5.74, 6) is 1.12. The molecule has 10 aromatic heterocycles. The largest absolute Gasteiger partial charge is 0.495 e. The van der Waals surface area contributed by atoms with E-state index in [9.17, 15) is 71.9 Å². The molecule has 0 aliphatic carbocycles. The Morgan fingerprint density at radius 3 is 1.10 bits per heavy atom. The van der Waals surface area contributed by atoms with E-state index in [2.05, 4.69) is 46.2 Å². The topological polar surface area (TPSA) is 473 Å². The van der Waals surface area contributed by atoms with E-state index in [1.165, 1.54) is 148 Å². The average Bonchev–Trinajstić information content (AvgIpc) is 1.62. The molecule has 0 bridgehead atoms. The lowest BCUT2D eigenvalue weighted by Crippen LogP contribution is -2.38. The number of thioether (sulfide) groups is 1. The number of nitrogens with one attached hydrogen (secondary N) is 4. The third-order valence-corrected chi connectivity index (χ3v) is 22.4. The fourth-order valence-electron chi connectivity index (χ4n) is 14.1. The molecule has 0 saturated heterocycles. The summed E-state index contributed by atoms with van der Waals surface area (Å²) in [6, 6.07) is 41.7. The molecule has 10 heterocycles. The second-order valence-corrected chi connectivity index (χ2v) is 31.6. The number of imidazole rings is 5. The fourth-order valence-corrected chi connectivity index (χ4v) is 14.8. The molecule has 16 aromatic rings. The first-order valence-electron chi connectivity index (χ1n) is 41.0. The molecular formula is C89H94ClN25O18S. The lowest BCUT2D eigenvalue weighted by atomic mass is 10.2. The van der Waals surface area contributed by atoms with Crippen LogP contribution >= 0.6 is 23.4 Å². The van der Waals surface area contributed by atoms with Gasteiger partial charge in [-0.2, -0.15) is 0 Å². The highest BCUT2D eigenvalue weighted by atomic mass is 35.5. The minimum absolute atomic E-state index is 0.0350. The monoisotopic (exact) mass is 1870 g/mol. The number of para-hydroxylation sites is 1. The van der Waals surface area contributed by atoms with Crippen LogP contribution in [-0.2, 0) is 127 Å². The number of benzene rings is 6. The lowest BCUT2D eigenvalue weighted by Gasteiger charge is -2.21. The first kappa shape index (κ1) is 96.5. The quantitative estimate of drug-likeness (QED) is 0.0651. The van der Waals surface area contributed by atoms with E-state index < -0.39 is 56.2 Å². The van der Waals surface area contributed by atoms with Crippen molar-refractivity contribution in [2.75, 3.05) is 52.7 Å². The second kappa shape index (κ2) is 41.5. The van der Waals surface area contributed by atoms with Gasteiger partial charge in [0.25, 0.3) is 27.8 Å². The van der Waals surface area contributed by atoms with Gasteiger partial charge in [0.2, 0.25) is 29.5 Å². The number of halogens is 1. The molecule has 16 rings (SSSR count). The predicted octanol–water partition coefficient (Wildman–Crippen LogP) is 4.97. The van der Waals surface area contributed by atoms with Crippen molar-refractivity contribution >= 4 is 137 Å². The summed E-state index contributed by atoms with van der Waals surface area (Å²) in [4.78, 5) is 207. The zero-order chi connectivity index (χ0) is 97.1. The van der Waals surface area contributed by atoms with E-state index in [0.717, 1.165) is 50.3 Å². The van der Waals surface area contributed by atoms with Gasteiger partial charge in [-0.1, -0.05) is 48.0 Å². The zero-order valence-electron chi connectivity index (χ0n) is 75.6. The van der Waals surface area contributed by atoms with Gasteiger partial charge in [-0.3, -0.25) is 93.6 Å². The molecule has 0 saturated carbocycles. The number of amides is 5. The smallest absolute Gasteiger partial charge is 0.332 e. The highest BCUT2D eigenvalue weighted by Gasteiger charge is 2.25. The van der Waals surface area contributed by atoms with Crippen LogP contribution in [0.4, 0.5) is 28.4 Å². The number of anilines is 5. The van der Waals surface area contributed by atoms with Crippen LogP contribution in [0.3, 0.4) is 0 Å². The predicted molar refractivity (Wildman–Crippen MR) is 506 cm³/mol. The van der Waals surface area contributed by atoms with Gasteiger partial charge in [0.15, 0.2) is 55.8 Å². The highest BCUT2D eigenvalue weighted by molar-refractivity contribution is 7.98. The normalized spacial score (nSPS) is 11.0. The molecule has 0 aliphatic rings. The summed E-state index contributed by atoms with van der Waals surface area (Å²) >= 11 is 7.63. The maximum absolute atomic E-state index is 12.7. The van der Waals surface area contributed by atoms with E-state index in [1.54, 1.807) is 84.4 Å². The highest BCUT2D eigenvalue weighted by Crippen LogP contribution is 2.29. The van der Waals surface area contributed by atoms with Gasteiger partial charge in [0, 0.05) is 110 Å². The van der Waals surface area contributed by atoms with Crippen molar-refractivity contribution in [1.82, 2.24) is 93.4 Å². The molecule has 0 unspecified atom stereocenters. The van der Waals surface area contributed by atoms with Gasteiger partial charge in [-0.25, -0.2) is 48.9 Å². The average molecular weight is 1870 g/mol. The molecule has 43 nitrogen and oxygen atoms in total. The van der Waals surface area contributed by atoms with Crippen LogP contribution in [0, 0.1) is 13.8 Å². The van der Waals surface area contributed by atoms with Crippen LogP contribution in [0.25, 0.3) is 55.8 Å². The molecule has 45 heteroatoms.